The van der Waals surface area contributed by atoms with Gasteiger partial charge in [0.15, 0.2) is 0 Å². The summed E-state index contributed by atoms with van der Waals surface area (Å²) in [4.78, 5) is 0. The normalized spacial score (nSPS) is 23.8. The first-order valence-electron chi connectivity index (χ1n) is 7.62. The number of unbranched alkanes of at least 4 members (excludes halogenated alkanes) is 1. The van der Waals surface area contributed by atoms with E-state index in [9.17, 15) is 0 Å². The third-order valence-electron chi connectivity index (χ3n) is 4.16. The van der Waals surface area contributed by atoms with E-state index in [1.807, 2.05) is 13.8 Å². The number of oxime groups is 1. The zero-order chi connectivity index (χ0) is 15.2. The largest absolute Gasteiger partial charge is 0.409 e. The van der Waals surface area contributed by atoms with E-state index < -0.39 is 0 Å². The average molecular weight is 285 g/mol. The fourth-order valence-electron chi connectivity index (χ4n) is 2.67. The topological polar surface area (TPSA) is 79.9 Å². The van der Waals surface area contributed by atoms with Crippen LogP contribution in [0.2, 0.25) is 0 Å². The third kappa shape index (κ3) is 5.67. The van der Waals surface area contributed by atoms with Crippen LogP contribution in [0.25, 0.3) is 0 Å². The van der Waals surface area contributed by atoms with E-state index in [0.29, 0.717) is 11.9 Å². The van der Waals surface area contributed by atoms with Crippen molar-refractivity contribution in [3.8, 4) is 0 Å². The third-order valence-corrected chi connectivity index (χ3v) is 4.16. The molecule has 1 rings (SSSR count). The zero-order valence-corrected chi connectivity index (χ0v) is 13.4. The molecule has 0 spiro atoms. The van der Waals surface area contributed by atoms with Gasteiger partial charge in [0.05, 0.1) is 5.60 Å². The molecule has 1 unspecified atom stereocenters. The van der Waals surface area contributed by atoms with Crippen molar-refractivity contribution in [2.24, 2.45) is 16.3 Å². The zero-order valence-electron chi connectivity index (χ0n) is 13.4. The lowest BCUT2D eigenvalue weighted by molar-refractivity contribution is -0.0628. The Hall–Kier alpha value is -0.810. The number of nitrogens with two attached hydrogens (primary N) is 1. The Morgan fingerprint density at radius 3 is 2.75 bits per heavy atom. The van der Waals surface area contributed by atoms with Crippen LogP contribution in [0.4, 0.5) is 0 Å². The van der Waals surface area contributed by atoms with Crippen LogP contribution in [0.15, 0.2) is 5.16 Å². The summed E-state index contributed by atoms with van der Waals surface area (Å²) >= 11 is 0. The molecule has 5 heteroatoms. The Balaban J connectivity index is 2.16. The van der Waals surface area contributed by atoms with Crippen molar-refractivity contribution < 1.29 is 9.94 Å². The highest BCUT2D eigenvalue weighted by Gasteiger charge is 2.28. The summed E-state index contributed by atoms with van der Waals surface area (Å²) in [5.74, 6) is 0.316. The Kier molecular flexibility index (Phi) is 6.27. The molecule has 0 amide bonds. The lowest BCUT2D eigenvalue weighted by atomic mass is 9.86. The number of amidine groups is 1. The molecule has 1 aliphatic rings. The van der Waals surface area contributed by atoms with Crippen molar-refractivity contribution >= 4 is 5.84 Å². The van der Waals surface area contributed by atoms with E-state index in [2.05, 4.69) is 24.3 Å². The molecule has 0 radical (unpaired) electrons. The van der Waals surface area contributed by atoms with Gasteiger partial charge in [-0.15, -0.1) is 0 Å². The highest BCUT2D eigenvalue weighted by Crippen LogP contribution is 2.25. The molecule has 20 heavy (non-hydrogen) atoms. The van der Waals surface area contributed by atoms with E-state index in [0.717, 1.165) is 45.3 Å². The number of nitrogens with one attached hydrogen (secondary N) is 1. The number of hydrogen-bond donors (Lipinski definition) is 3. The molecule has 1 saturated heterocycles. The predicted octanol–water partition coefficient (Wildman–Crippen LogP) is 2.48. The second-order valence-corrected chi connectivity index (χ2v) is 7.08. The van der Waals surface area contributed by atoms with Crippen molar-refractivity contribution in [3.05, 3.63) is 0 Å². The van der Waals surface area contributed by atoms with Crippen LogP contribution >= 0.6 is 0 Å². The molecule has 0 aromatic heterocycles. The number of rotatable bonds is 7. The van der Waals surface area contributed by atoms with Crippen LogP contribution in [0.3, 0.4) is 0 Å². The average Bonchev–Trinajstić information content (AvgIpc) is 2.36. The van der Waals surface area contributed by atoms with Gasteiger partial charge in [0.1, 0.15) is 5.84 Å². The molecule has 1 fully saturated rings. The van der Waals surface area contributed by atoms with Crippen molar-refractivity contribution in [2.45, 2.75) is 71.4 Å². The molecule has 1 aliphatic heterocycles. The van der Waals surface area contributed by atoms with Crippen molar-refractivity contribution in [2.75, 3.05) is 13.2 Å². The monoisotopic (exact) mass is 285 g/mol. The van der Waals surface area contributed by atoms with Gasteiger partial charge in [0.2, 0.25) is 0 Å². The molecule has 4 N–H and O–H groups in total. The molecule has 1 atom stereocenters. The van der Waals surface area contributed by atoms with E-state index in [-0.39, 0.29) is 11.0 Å². The smallest absolute Gasteiger partial charge is 0.144 e. The molecule has 0 aromatic carbocycles. The maximum Gasteiger partial charge on any atom is 0.144 e. The summed E-state index contributed by atoms with van der Waals surface area (Å²) in [5, 5.41) is 15.5. The maximum atomic E-state index is 8.73. The summed E-state index contributed by atoms with van der Waals surface area (Å²) in [6.45, 7) is 10.2. The fourth-order valence-corrected chi connectivity index (χ4v) is 2.67. The summed E-state index contributed by atoms with van der Waals surface area (Å²) in [5.41, 5.74) is 5.46. The van der Waals surface area contributed by atoms with Crippen LogP contribution in [0.5, 0.6) is 0 Å². The molecule has 0 aliphatic carbocycles. The minimum absolute atomic E-state index is 0.00392. The minimum atomic E-state index is -0.227. The summed E-state index contributed by atoms with van der Waals surface area (Å²) in [7, 11) is 0. The lowest BCUT2D eigenvalue weighted by Gasteiger charge is -2.36. The maximum absolute atomic E-state index is 8.73. The first kappa shape index (κ1) is 17.2. The lowest BCUT2D eigenvalue weighted by Crippen LogP contribution is -2.44. The van der Waals surface area contributed by atoms with E-state index in [1.165, 1.54) is 0 Å². The van der Waals surface area contributed by atoms with Gasteiger partial charge in [-0.3, -0.25) is 0 Å². The standard InChI is InChI=1S/C15H31N3O2/c1-14(2,13(16)18-19)8-5-6-9-17-12-7-10-20-15(3,4)11-12/h12,17,19H,5-11H2,1-4H3,(H2,16,18). The molecular weight excluding hydrogens is 254 g/mol. The van der Waals surface area contributed by atoms with Crippen LogP contribution in [0, 0.1) is 5.41 Å². The molecule has 0 aromatic rings. The Morgan fingerprint density at radius 1 is 1.45 bits per heavy atom. The summed E-state index contributed by atoms with van der Waals surface area (Å²) in [6.07, 6.45) is 5.29. The summed E-state index contributed by atoms with van der Waals surface area (Å²) in [6, 6.07) is 0.566. The molecular formula is C15H31N3O2. The molecule has 1 heterocycles. The van der Waals surface area contributed by atoms with Crippen LogP contribution in [-0.2, 0) is 4.74 Å². The number of ether oxygens (including phenoxy) is 1. The molecule has 5 nitrogen and oxygen atoms in total. The van der Waals surface area contributed by atoms with Gasteiger partial charge in [0.25, 0.3) is 0 Å². The van der Waals surface area contributed by atoms with Gasteiger partial charge in [-0.25, -0.2) is 0 Å². The highest BCUT2D eigenvalue weighted by molar-refractivity contribution is 5.85. The van der Waals surface area contributed by atoms with Gasteiger partial charge in [-0.1, -0.05) is 25.4 Å². The van der Waals surface area contributed by atoms with Crippen molar-refractivity contribution in [1.82, 2.24) is 5.32 Å². The van der Waals surface area contributed by atoms with Crippen LogP contribution in [0.1, 0.15) is 59.8 Å². The quantitative estimate of drug-likeness (QED) is 0.221. The molecule has 118 valence electrons. The second-order valence-electron chi connectivity index (χ2n) is 7.08. The Morgan fingerprint density at radius 2 is 2.15 bits per heavy atom. The fraction of sp³-hybridized carbons (Fsp3) is 0.933. The van der Waals surface area contributed by atoms with Gasteiger partial charge < -0.3 is 21.0 Å². The first-order chi connectivity index (χ1) is 9.27. The Bertz CT molecular complexity index is 327. The Labute approximate surface area is 122 Å². The van der Waals surface area contributed by atoms with E-state index >= 15 is 0 Å². The predicted molar refractivity (Wildman–Crippen MR) is 82.1 cm³/mol. The number of nitrogens with zero attached hydrogens (tertiary/aromatic N) is 1. The summed E-state index contributed by atoms with van der Waals surface area (Å²) < 4.78 is 5.72. The molecule has 0 bridgehead atoms. The number of hydrogen-bond acceptors (Lipinski definition) is 4. The molecule has 0 saturated carbocycles. The van der Waals surface area contributed by atoms with Crippen molar-refractivity contribution in [1.29, 1.82) is 0 Å². The minimum Gasteiger partial charge on any atom is -0.409 e. The SMILES string of the molecule is CC1(C)CC(NCCCCC(C)(C)C(N)=NO)CCO1. The van der Waals surface area contributed by atoms with Crippen LogP contribution in [-0.4, -0.2) is 35.8 Å². The van der Waals surface area contributed by atoms with E-state index in [4.69, 9.17) is 15.7 Å². The first-order valence-corrected chi connectivity index (χ1v) is 7.62. The highest BCUT2D eigenvalue weighted by atomic mass is 16.5. The van der Waals surface area contributed by atoms with Crippen LogP contribution < -0.4 is 11.1 Å². The van der Waals surface area contributed by atoms with Crippen molar-refractivity contribution in [3.63, 3.8) is 0 Å². The van der Waals surface area contributed by atoms with Gasteiger partial charge in [-0.05, 0) is 46.1 Å². The van der Waals surface area contributed by atoms with Gasteiger partial charge in [0, 0.05) is 18.1 Å². The van der Waals surface area contributed by atoms with E-state index in [1.54, 1.807) is 0 Å². The second kappa shape index (κ2) is 7.27. The van der Waals surface area contributed by atoms with Gasteiger partial charge >= 0.3 is 0 Å². The van der Waals surface area contributed by atoms with Gasteiger partial charge in [-0.2, -0.15) is 0 Å².